The Morgan fingerprint density at radius 2 is 1.89 bits per heavy atom. The summed E-state index contributed by atoms with van der Waals surface area (Å²) < 4.78 is 13.0. The van der Waals surface area contributed by atoms with E-state index < -0.39 is 0 Å². The molecule has 0 aliphatic carbocycles. The number of aromatic nitrogens is 2. The predicted molar refractivity (Wildman–Crippen MR) is 108 cm³/mol. The van der Waals surface area contributed by atoms with Crippen molar-refractivity contribution >= 4 is 28.3 Å². The van der Waals surface area contributed by atoms with E-state index in [9.17, 15) is 9.18 Å². The molecular weight excluding hydrogens is 355 g/mol. The van der Waals surface area contributed by atoms with E-state index >= 15 is 0 Å². The highest BCUT2D eigenvalue weighted by Gasteiger charge is 2.08. The summed E-state index contributed by atoms with van der Waals surface area (Å²) in [5.74, 6) is 0.0575. The van der Waals surface area contributed by atoms with Crippen molar-refractivity contribution in [1.82, 2.24) is 15.3 Å². The summed E-state index contributed by atoms with van der Waals surface area (Å²) >= 11 is 0. The standard InChI is InChI=1S/C22H19FN4O/c23-17-5-7-18(8-6-17)27-21-13-15(9-11-24-21)22(28)25-12-10-16-14-26-20-4-2-1-3-19(16)20/h1-9,11,13-14,26H,10,12H2,(H,24,27)(H,25,28). The van der Waals surface area contributed by atoms with Crippen molar-refractivity contribution in [3.63, 3.8) is 0 Å². The summed E-state index contributed by atoms with van der Waals surface area (Å²) in [5.41, 5.74) is 3.48. The number of aromatic amines is 1. The van der Waals surface area contributed by atoms with Gasteiger partial charge in [0.2, 0.25) is 0 Å². The van der Waals surface area contributed by atoms with Gasteiger partial charge in [0.15, 0.2) is 0 Å². The minimum atomic E-state index is -0.304. The highest BCUT2D eigenvalue weighted by molar-refractivity contribution is 5.95. The normalized spacial score (nSPS) is 10.8. The first-order chi connectivity index (χ1) is 13.7. The number of rotatable bonds is 6. The molecule has 0 spiro atoms. The van der Waals surface area contributed by atoms with Crippen LogP contribution in [0.5, 0.6) is 0 Å². The number of carbonyl (C=O) groups excluding carboxylic acids is 1. The summed E-state index contributed by atoms with van der Waals surface area (Å²) in [7, 11) is 0. The second-order valence-corrected chi connectivity index (χ2v) is 6.43. The minimum Gasteiger partial charge on any atom is -0.361 e. The van der Waals surface area contributed by atoms with Crippen molar-refractivity contribution < 1.29 is 9.18 Å². The number of hydrogen-bond donors (Lipinski definition) is 3. The molecule has 28 heavy (non-hydrogen) atoms. The molecule has 5 nitrogen and oxygen atoms in total. The van der Waals surface area contributed by atoms with Crippen LogP contribution in [0.4, 0.5) is 15.9 Å². The highest BCUT2D eigenvalue weighted by atomic mass is 19.1. The topological polar surface area (TPSA) is 69.8 Å². The fraction of sp³-hybridized carbons (Fsp3) is 0.0909. The Morgan fingerprint density at radius 3 is 2.75 bits per heavy atom. The van der Waals surface area contributed by atoms with Crippen LogP contribution >= 0.6 is 0 Å². The van der Waals surface area contributed by atoms with Crippen LogP contribution in [0.25, 0.3) is 10.9 Å². The first kappa shape index (κ1) is 17.7. The van der Waals surface area contributed by atoms with Crippen molar-refractivity contribution in [2.45, 2.75) is 6.42 Å². The SMILES string of the molecule is O=C(NCCc1c[nH]c2ccccc12)c1ccnc(Nc2ccc(F)cc2)c1. The van der Waals surface area contributed by atoms with E-state index in [4.69, 9.17) is 0 Å². The molecule has 140 valence electrons. The Bertz CT molecular complexity index is 1100. The first-order valence-electron chi connectivity index (χ1n) is 9.01. The molecule has 2 heterocycles. The van der Waals surface area contributed by atoms with Crippen molar-refractivity contribution in [2.24, 2.45) is 0 Å². The van der Waals surface area contributed by atoms with Gasteiger partial charge < -0.3 is 15.6 Å². The molecule has 1 amide bonds. The van der Waals surface area contributed by atoms with Gasteiger partial charge in [-0.2, -0.15) is 0 Å². The molecule has 2 aromatic carbocycles. The molecule has 0 radical (unpaired) electrons. The minimum absolute atomic E-state index is 0.163. The zero-order valence-corrected chi connectivity index (χ0v) is 15.1. The lowest BCUT2D eigenvalue weighted by atomic mass is 10.1. The molecule has 0 bridgehead atoms. The van der Waals surface area contributed by atoms with Crippen molar-refractivity contribution in [3.05, 3.63) is 90.0 Å². The maximum Gasteiger partial charge on any atom is 0.251 e. The number of fused-ring (bicyclic) bond motifs is 1. The number of amides is 1. The molecule has 0 saturated heterocycles. The maximum atomic E-state index is 13.0. The lowest BCUT2D eigenvalue weighted by Crippen LogP contribution is -2.25. The van der Waals surface area contributed by atoms with E-state index in [2.05, 4.69) is 26.7 Å². The van der Waals surface area contributed by atoms with Crippen LogP contribution in [-0.2, 0) is 6.42 Å². The Kier molecular flexibility index (Phi) is 5.01. The molecule has 0 aliphatic heterocycles. The zero-order chi connectivity index (χ0) is 19.3. The average molecular weight is 374 g/mol. The summed E-state index contributed by atoms with van der Waals surface area (Å²) in [6.07, 6.45) is 4.29. The maximum absolute atomic E-state index is 13.0. The van der Waals surface area contributed by atoms with Gasteiger partial charge in [0, 0.05) is 41.1 Å². The van der Waals surface area contributed by atoms with E-state index in [1.54, 1.807) is 30.5 Å². The molecule has 2 aromatic heterocycles. The third-order valence-corrected chi connectivity index (χ3v) is 4.49. The lowest BCUT2D eigenvalue weighted by molar-refractivity contribution is 0.0954. The van der Waals surface area contributed by atoms with Crippen molar-refractivity contribution in [3.8, 4) is 0 Å². The monoisotopic (exact) mass is 374 g/mol. The van der Waals surface area contributed by atoms with Crippen LogP contribution in [-0.4, -0.2) is 22.4 Å². The summed E-state index contributed by atoms with van der Waals surface area (Å²) in [4.78, 5) is 19.9. The van der Waals surface area contributed by atoms with Crippen LogP contribution in [0.15, 0.2) is 73.1 Å². The molecule has 0 saturated carbocycles. The average Bonchev–Trinajstić information content (AvgIpc) is 3.13. The van der Waals surface area contributed by atoms with Gasteiger partial charge in [-0.1, -0.05) is 18.2 Å². The molecule has 0 aliphatic rings. The number of nitrogens with one attached hydrogen (secondary N) is 3. The van der Waals surface area contributed by atoms with Gasteiger partial charge in [-0.05, 0) is 54.4 Å². The summed E-state index contributed by atoms with van der Waals surface area (Å²) in [6, 6.07) is 17.4. The van der Waals surface area contributed by atoms with Gasteiger partial charge in [0.1, 0.15) is 11.6 Å². The van der Waals surface area contributed by atoms with E-state index in [0.29, 0.717) is 23.6 Å². The Hall–Kier alpha value is -3.67. The first-order valence-corrected chi connectivity index (χ1v) is 9.01. The molecule has 6 heteroatoms. The van der Waals surface area contributed by atoms with Crippen molar-refractivity contribution in [1.29, 1.82) is 0 Å². The highest BCUT2D eigenvalue weighted by Crippen LogP contribution is 2.18. The molecular formula is C22H19FN4O. The van der Waals surface area contributed by atoms with Gasteiger partial charge in [-0.25, -0.2) is 9.37 Å². The van der Waals surface area contributed by atoms with Gasteiger partial charge >= 0.3 is 0 Å². The third-order valence-electron chi connectivity index (χ3n) is 4.49. The second-order valence-electron chi connectivity index (χ2n) is 6.43. The largest absolute Gasteiger partial charge is 0.361 e. The van der Waals surface area contributed by atoms with Crippen LogP contribution < -0.4 is 10.6 Å². The number of carbonyl (C=O) groups is 1. The third kappa shape index (κ3) is 4.01. The van der Waals surface area contributed by atoms with Gasteiger partial charge in [0.25, 0.3) is 5.91 Å². The van der Waals surface area contributed by atoms with E-state index in [-0.39, 0.29) is 11.7 Å². The number of halogens is 1. The Balaban J connectivity index is 1.37. The fourth-order valence-corrected chi connectivity index (χ4v) is 3.07. The van der Waals surface area contributed by atoms with Crippen LogP contribution in [0.1, 0.15) is 15.9 Å². The van der Waals surface area contributed by atoms with E-state index in [1.165, 1.54) is 23.1 Å². The zero-order valence-electron chi connectivity index (χ0n) is 15.1. The summed E-state index contributed by atoms with van der Waals surface area (Å²) in [6.45, 7) is 0.531. The summed E-state index contributed by atoms with van der Waals surface area (Å²) in [5, 5.41) is 7.18. The van der Waals surface area contributed by atoms with Crippen LogP contribution in [0, 0.1) is 5.82 Å². The lowest BCUT2D eigenvalue weighted by Gasteiger charge is -2.08. The smallest absolute Gasteiger partial charge is 0.251 e. The number of anilines is 2. The fourth-order valence-electron chi connectivity index (χ4n) is 3.07. The molecule has 4 rings (SSSR count). The van der Waals surface area contributed by atoms with Crippen LogP contribution in [0.2, 0.25) is 0 Å². The number of pyridine rings is 1. The Labute approximate surface area is 161 Å². The molecule has 3 N–H and O–H groups in total. The van der Waals surface area contributed by atoms with E-state index in [0.717, 1.165) is 11.9 Å². The molecule has 0 unspecified atom stereocenters. The number of benzene rings is 2. The van der Waals surface area contributed by atoms with Crippen molar-refractivity contribution in [2.75, 3.05) is 11.9 Å². The molecule has 0 atom stereocenters. The second kappa shape index (κ2) is 7.92. The van der Waals surface area contributed by atoms with E-state index in [1.807, 2.05) is 24.4 Å². The number of para-hydroxylation sites is 1. The van der Waals surface area contributed by atoms with Gasteiger partial charge in [0.05, 0.1) is 0 Å². The van der Waals surface area contributed by atoms with Gasteiger partial charge in [-0.15, -0.1) is 0 Å². The number of H-pyrrole nitrogens is 1. The quantitative estimate of drug-likeness (QED) is 0.468. The van der Waals surface area contributed by atoms with Crippen LogP contribution in [0.3, 0.4) is 0 Å². The molecule has 4 aromatic rings. The predicted octanol–water partition coefficient (Wildman–Crippen LogP) is 4.42. The number of nitrogens with zero attached hydrogens (tertiary/aromatic N) is 1. The van der Waals surface area contributed by atoms with Gasteiger partial charge in [-0.3, -0.25) is 4.79 Å². The number of hydrogen-bond acceptors (Lipinski definition) is 3. The molecule has 0 fully saturated rings. The Morgan fingerprint density at radius 1 is 1.07 bits per heavy atom.